The molecule has 0 aliphatic heterocycles. The molecule has 3 heterocycles. The Hall–Kier alpha value is -2.92. The molecule has 0 aliphatic carbocycles. The van der Waals surface area contributed by atoms with Crippen LogP contribution in [0.4, 0.5) is 0 Å². The van der Waals surface area contributed by atoms with Crippen molar-refractivity contribution in [3.63, 3.8) is 0 Å². The molecule has 0 saturated carbocycles. The van der Waals surface area contributed by atoms with Crippen molar-refractivity contribution < 1.29 is 0 Å². The first-order chi connectivity index (χ1) is 12.8. The number of nitrogens with one attached hydrogen (secondary N) is 1. The van der Waals surface area contributed by atoms with E-state index in [2.05, 4.69) is 30.9 Å². The number of H-pyrrole nitrogens is 1. The van der Waals surface area contributed by atoms with Crippen LogP contribution in [0.1, 0.15) is 26.5 Å². The van der Waals surface area contributed by atoms with E-state index >= 15 is 0 Å². The molecule has 1 aromatic carbocycles. The summed E-state index contributed by atoms with van der Waals surface area (Å²) in [7, 11) is 0. The fraction of sp³-hybridized carbons (Fsp3) is 0.190. The molecule has 0 atom stereocenters. The van der Waals surface area contributed by atoms with E-state index in [0.717, 1.165) is 16.8 Å². The van der Waals surface area contributed by atoms with Crippen LogP contribution in [0.25, 0.3) is 28.2 Å². The highest BCUT2D eigenvalue weighted by Crippen LogP contribution is 2.35. The third kappa shape index (κ3) is 3.15. The Morgan fingerprint density at radius 1 is 1.04 bits per heavy atom. The second-order valence-electron chi connectivity index (χ2n) is 7.47. The highest BCUT2D eigenvalue weighted by Gasteiger charge is 2.25. The van der Waals surface area contributed by atoms with Crippen molar-refractivity contribution in [3.8, 4) is 22.5 Å². The maximum absolute atomic E-state index is 12.8. The highest BCUT2D eigenvalue weighted by atomic mass is 35.5. The van der Waals surface area contributed by atoms with Crippen molar-refractivity contribution >= 4 is 17.2 Å². The molecule has 0 saturated heterocycles. The number of halogens is 1. The lowest BCUT2D eigenvalue weighted by Crippen LogP contribution is -2.17. The molecular weight excluding hydrogens is 360 g/mol. The van der Waals surface area contributed by atoms with E-state index in [-0.39, 0.29) is 11.0 Å². The molecule has 136 valence electrons. The Labute approximate surface area is 161 Å². The molecule has 0 bridgehead atoms. The van der Waals surface area contributed by atoms with Gasteiger partial charge in [-0.2, -0.15) is 0 Å². The molecule has 4 aromatic rings. The fourth-order valence-corrected chi connectivity index (χ4v) is 3.24. The predicted molar refractivity (Wildman–Crippen MR) is 108 cm³/mol. The van der Waals surface area contributed by atoms with Crippen LogP contribution in [0.5, 0.6) is 0 Å². The maximum Gasteiger partial charge on any atom is 0.273 e. The molecule has 27 heavy (non-hydrogen) atoms. The summed E-state index contributed by atoms with van der Waals surface area (Å²) in [5, 5.41) is 3.91. The average Bonchev–Trinajstić information content (AvgIpc) is 3.04. The summed E-state index contributed by atoms with van der Waals surface area (Å²) in [6.45, 7) is 6.30. The van der Waals surface area contributed by atoms with Crippen LogP contribution < -0.4 is 5.56 Å². The van der Waals surface area contributed by atoms with Gasteiger partial charge in [-0.3, -0.25) is 14.9 Å². The van der Waals surface area contributed by atoms with E-state index < -0.39 is 0 Å². The van der Waals surface area contributed by atoms with Crippen molar-refractivity contribution in [2.45, 2.75) is 26.2 Å². The summed E-state index contributed by atoms with van der Waals surface area (Å²) in [6, 6.07) is 14.6. The summed E-state index contributed by atoms with van der Waals surface area (Å²) < 4.78 is 1.50. The van der Waals surface area contributed by atoms with Crippen molar-refractivity contribution in [3.05, 3.63) is 75.8 Å². The van der Waals surface area contributed by atoms with Gasteiger partial charge < -0.3 is 0 Å². The third-order valence-corrected chi connectivity index (χ3v) is 4.68. The normalized spacial score (nSPS) is 11.9. The summed E-state index contributed by atoms with van der Waals surface area (Å²) in [5.74, 6) is 0. The number of hydrogen-bond donors (Lipinski definition) is 1. The largest absolute Gasteiger partial charge is 0.292 e. The first kappa shape index (κ1) is 17.5. The molecule has 0 unspecified atom stereocenters. The molecule has 0 amide bonds. The SMILES string of the molecule is CC(C)(C)c1[nH]n2c(=O)cc(-c3ccccn3)nc2c1-c1ccc(Cl)cc1. The zero-order valence-corrected chi connectivity index (χ0v) is 16.1. The van der Waals surface area contributed by atoms with Gasteiger partial charge in [-0.05, 0) is 29.8 Å². The lowest BCUT2D eigenvalue weighted by Gasteiger charge is -2.18. The standard InChI is InChI=1S/C21H19ClN4O/c1-21(2,3)19-18(13-7-9-14(22)10-8-13)20-24-16(12-17(27)26(20)25-19)15-6-4-5-11-23-15/h4-12,25H,1-3H3. The van der Waals surface area contributed by atoms with Crippen molar-refractivity contribution in [2.75, 3.05) is 0 Å². The third-order valence-electron chi connectivity index (χ3n) is 4.43. The highest BCUT2D eigenvalue weighted by molar-refractivity contribution is 6.30. The van der Waals surface area contributed by atoms with E-state index in [9.17, 15) is 4.79 Å². The summed E-state index contributed by atoms with van der Waals surface area (Å²) in [6.07, 6.45) is 1.69. The lowest BCUT2D eigenvalue weighted by molar-refractivity contribution is 0.563. The Morgan fingerprint density at radius 2 is 1.78 bits per heavy atom. The van der Waals surface area contributed by atoms with Gasteiger partial charge >= 0.3 is 0 Å². The molecule has 0 radical (unpaired) electrons. The summed E-state index contributed by atoms with van der Waals surface area (Å²) >= 11 is 6.06. The van der Waals surface area contributed by atoms with Crippen LogP contribution in [0.2, 0.25) is 5.02 Å². The van der Waals surface area contributed by atoms with E-state index in [4.69, 9.17) is 16.6 Å². The molecular formula is C21H19ClN4O. The molecule has 3 aromatic heterocycles. The van der Waals surface area contributed by atoms with Crippen molar-refractivity contribution in [2.24, 2.45) is 0 Å². The second-order valence-corrected chi connectivity index (χ2v) is 7.91. The zero-order chi connectivity index (χ0) is 19.2. The molecule has 0 aliphatic rings. The van der Waals surface area contributed by atoms with Crippen LogP contribution in [0.15, 0.2) is 59.5 Å². The molecule has 1 N–H and O–H groups in total. The number of aromatic amines is 1. The van der Waals surface area contributed by atoms with Gasteiger partial charge in [0.1, 0.15) is 0 Å². The van der Waals surface area contributed by atoms with Gasteiger partial charge in [0, 0.05) is 34.0 Å². The minimum absolute atomic E-state index is 0.175. The van der Waals surface area contributed by atoms with E-state index in [1.54, 1.807) is 6.20 Å². The minimum Gasteiger partial charge on any atom is -0.292 e. The van der Waals surface area contributed by atoms with Crippen molar-refractivity contribution in [1.29, 1.82) is 0 Å². The van der Waals surface area contributed by atoms with Crippen molar-refractivity contribution in [1.82, 2.24) is 19.6 Å². The molecule has 0 fully saturated rings. The second kappa shape index (κ2) is 6.35. The minimum atomic E-state index is -0.208. The molecule has 6 heteroatoms. The Morgan fingerprint density at radius 3 is 2.41 bits per heavy atom. The van der Waals surface area contributed by atoms with Crippen LogP contribution in [0, 0.1) is 0 Å². The van der Waals surface area contributed by atoms with Gasteiger partial charge in [-0.1, -0.05) is 50.6 Å². The van der Waals surface area contributed by atoms with E-state index in [0.29, 0.717) is 22.1 Å². The van der Waals surface area contributed by atoms with Crippen LogP contribution >= 0.6 is 11.6 Å². The van der Waals surface area contributed by atoms with Gasteiger partial charge in [0.15, 0.2) is 5.65 Å². The van der Waals surface area contributed by atoms with Gasteiger partial charge in [-0.15, -0.1) is 0 Å². The Kier molecular flexibility index (Phi) is 4.12. The van der Waals surface area contributed by atoms with Gasteiger partial charge in [0.05, 0.1) is 11.4 Å². The number of fused-ring (bicyclic) bond motifs is 1. The van der Waals surface area contributed by atoms with Crippen LogP contribution in [0.3, 0.4) is 0 Å². The van der Waals surface area contributed by atoms with E-state index in [1.165, 1.54) is 10.6 Å². The van der Waals surface area contributed by atoms with E-state index in [1.807, 2.05) is 42.5 Å². The number of benzene rings is 1. The van der Waals surface area contributed by atoms with Gasteiger partial charge in [0.25, 0.3) is 5.56 Å². The average molecular weight is 379 g/mol. The predicted octanol–water partition coefficient (Wildman–Crippen LogP) is 4.70. The van der Waals surface area contributed by atoms with Gasteiger partial charge in [0.2, 0.25) is 0 Å². The summed E-state index contributed by atoms with van der Waals surface area (Å²) in [4.78, 5) is 21.9. The lowest BCUT2D eigenvalue weighted by atomic mass is 9.87. The molecule has 0 spiro atoms. The topological polar surface area (TPSA) is 63.0 Å². The monoisotopic (exact) mass is 378 g/mol. The smallest absolute Gasteiger partial charge is 0.273 e. The first-order valence-electron chi connectivity index (χ1n) is 8.68. The fourth-order valence-electron chi connectivity index (χ4n) is 3.12. The number of aromatic nitrogens is 4. The Balaban J connectivity index is 2.07. The number of rotatable bonds is 2. The van der Waals surface area contributed by atoms with Crippen LogP contribution in [-0.2, 0) is 5.41 Å². The molecule has 5 nitrogen and oxygen atoms in total. The Bertz CT molecular complexity index is 1170. The number of nitrogens with zero attached hydrogens (tertiary/aromatic N) is 3. The van der Waals surface area contributed by atoms with Crippen LogP contribution in [-0.4, -0.2) is 19.6 Å². The quantitative estimate of drug-likeness (QED) is 0.549. The zero-order valence-electron chi connectivity index (χ0n) is 15.3. The first-order valence-corrected chi connectivity index (χ1v) is 9.06. The number of pyridine rings is 1. The maximum atomic E-state index is 12.8. The molecule has 4 rings (SSSR count). The number of hydrogen-bond acceptors (Lipinski definition) is 3. The van der Waals surface area contributed by atoms with Gasteiger partial charge in [-0.25, -0.2) is 9.50 Å². The summed E-state index contributed by atoms with van der Waals surface area (Å²) in [5.41, 5.74) is 4.20.